The van der Waals surface area contributed by atoms with Crippen molar-refractivity contribution in [3.05, 3.63) is 98.4 Å². The van der Waals surface area contributed by atoms with Crippen molar-refractivity contribution in [3.63, 3.8) is 0 Å². The standard InChI is InChI=1S/C25H23BrCl2N2O2/c26-21-15-20(27)16-22(28)25(21)32-17-23(31)29-11-13-30(14-12-29)24(18-7-3-1-4-8-18)19-9-5-2-6-10-19/h1-10,15-16,24H,11-14,17H2. The number of hydrogen-bond donors (Lipinski definition) is 0. The fourth-order valence-corrected chi connectivity index (χ4v) is 5.37. The van der Waals surface area contributed by atoms with Gasteiger partial charge in [-0.1, -0.05) is 83.9 Å². The number of piperazine rings is 1. The van der Waals surface area contributed by atoms with Gasteiger partial charge in [-0.3, -0.25) is 9.69 Å². The van der Waals surface area contributed by atoms with Crippen LogP contribution in [0.1, 0.15) is 17.2 Å². The molecule has 1 fully saturated rings. The van der Waals surface area contributed by atoms with Crippen LogP contribution < -0.4 is 4.74 Å². The number of rotatable bonds is 6. The van der Waals surface area contributed by atoms with Crippen molar-refractivity contribution in [3.8, 4) is 5.75 Å². The van der Waals surface area contributed by atoms with Crippen LogP contribution in [0.5, 0.6) is 5.75 Å². The van der Waals surface area contributed by atoms with Gasteiger partial charge in [0.2, 0.25) is 0 Å². The maximum atomic E-state index is 12.8. The van der Waals surface area contributed by atoms with Gasteiger partial charge < -0.3 is 9.64 Å². The highest BCUT2D eigenvalue weighted by Gasteiger charge is 2.28. The first-order valence-electron chi connectivity index (χ1n) is 10.4. The Morgan fingerprint density at radius 2 is 1.47 bits per heavy atom. The maximum absolute atomic E-state index is 12.8. The number of amides is 1. The Kier molecular flexibility index (Phi) is 7.74. The molecule has 1 amide bonds. The van der Waals surface area contributed by atoms with Crippen molar-refractivity contribution in [2.75, 3.05) is 32.8 Å². The van der Waals surface area contributed by atoms with Crippen molar-refractivity contribution in [1.82, 2.24) is 9.80 Å². The largest absolute Gasteiger partial charge is 0.481 e. The summed E-state index contributed by atoms with van der Waals surface area (Å²) in [5, 5.41) is 0.874. The molecule has 0 aliphatic carbocycles. The predicted octanol–water partition coefficient (Wildman–Crippen LogP) is 6.07. The molecule has 0 atom stereocenters. The number of ether oxygens (including phenoxy) is 1. The van der Waals surface area contributed by atoms with Crippen LogP contribution in [0.3, 0.4) is 0 Å². The average Bonchev–Trinajstić information content (AvgIpc) is 2.80. The molecular weight excluding hydrogens is 511 g/mol. The minimum Gasteiger partial charge on any atom is -0.481 e. The zero-order valence-corrected chi connectivity index (χ0v) is 20.5. The Hall–Kier alpha value is -2.05. The Labute approximate surface area is 206 Å². The molecule has 1 saturated heterocycles. The van der Waals surface area contributed by atoms with Crippen LogP contribution in [0, 0.1) is 0 Å². The van der Waals surface area contributed by atoms with Crippen molar-refractivity contribution < 1.29 is 9.53 Å². The molecule has 32 heavy (non-hydrogen) atoms. The van der Waals surface area contributed by atoms with Crippen LogP contribution >= 0.6 is 39.1 Å². The molecule has 1 heterocycles. The van der Waals surface area contributed by atoms with Gasteiger partial charge in [-0.2, -0.15) is 0 Å². The molecule has 0 spiro atoms. The molecule has 166 valence electrons. The fourth-order valence-electron chi connectivity index (χ4n) is 4.01. The minimum absolute atomic E-state index is 0.0569. The summed E-state index contributed by atoms with van der Waals surface area (Å²) in [4.78, 5) is 17.1. The van der Waals surface area contributed by atoms with E-state index in [9.17, 15) is 4.79 Å². The van der Waals surface area contributed by atoms with Crippen LogP contribution in [-0.2, 0) is 4.79 Å². The lowest BCUT2D eigenvalue weighted by Gasteiger charge is -2.39. The first-order chi connectivity index (χ1) is 15.5. The lowest BCUT2D eigenvalue weighted by molar-refractivity contribution is -0.135. The van der Waals surface area contributed by atoms with E-state index in [2.05, 4.69) is 69.4 Å². The van der Waals surface area contributed by atoms with Gasteiger partial charge in [0.15, 0.2) is 12.4 Å². The van der Waals surface area contributed by atoms with Gasteiger partial charge in [0, 0.05) is 31.2 Å². The van der Waals surface area contributed by atoms with Gasteiger partial charge in [-0.05, 0) is 39.2 Å². The van der Waals surface area contributed by atoms with E-state index in [-0.39, 0.29) is 18.6 Å². The molecule has 4 nitrogen and oxygen atoms in total. The van der Waals surface area contributed by atoms with Crippen LogP contribution in [0.2, 0.25) is 10.0 Å². The molecule has 0 radical (unpaired) electrons. The van der Waals surface area contributed by atoms with Crippen LogP contribution in [-0.4, -0.2) is 48.5 Å². The highest BCUT2D eigenvalue weighted by Crippen LogP contribution is 2.36. The molecule has 3 aromatic rings. The van der Waals surface area contributed by atoms with E-state index >= 15 is 0 Å². The molecule has 4 rings (SSSR count). The molecule has 1 aliphatic rings. The van der Waals surface area contributed by atoms with E-state index in [1.807, 2.05) is 17.0 Å². The lowest BCUT2D eigenvalue weighted by Crippen LogP contribution is -2.51. The Bertz CT molecular complexity index is 996. The van der Waals surface area contributed by atoms with Gasteiger partial charge >= 0.3 is 0 Å². The zero-order chi connectivity index (χ0) is 22.5. The Morgan fingerprint density at radius 3 is 2.00 bits per heavy atom. The van der Waals surface area contributed by atoms with Gasteiger partial charge in [-0.25, -0.2) is 0 Å². The molecule has 0 bridgehead atoms. The van der Waals surface area contributed by atoms with Crippen LogP contribution in [0.4, 0.5) is 0 Å². The van der Waals surface area contributed by atoms with Gasteiger partial charge in [0.05, 0.1) is 15.5 Å². The molecule has 7 heteroatoms. The molecule has 0 unspecified atom stereocenters. The van der Waals surface area contributed by atoms with Crippen molar-refractivity contribution in [2.45, 2.75) is 6.04 Å². The summed E-state index contributed by atoms with van der Waals surface area (Å²) in [6.07, 6.45) is 0. The third-order valence-electron chi connectivity index (χ3n) is 5.57. The first kappa shape index (κ1) is 23.1. The highest BCUT2D eigenvalue weighted by atomic mass is 79.9. The molecule has 0 N–H and O–H groups in total. The van der Waals surface area contributed by atoms with Crippen molar-refractivity contribution in [2.24, 2.45) is 0 Å². The quantitative estimate of drug-likeness (QED) is 0.385. The van der Waals surface area contributed by atoms with Gasteiger partial charge in [-0.15, -0.1) is 0 Å². The Morgan fingerprint density at radius 1 is 0.906 bits per heavy atom. The van der Waals surface area contributed by atoms with Gasteiger partial charge in [0.1, 0.15) is 0 Å². The third-order valence-corrected chi connectivity index (χ3v) is 6.65. The number of hydrogen-bond acceptors (Lipinski definition) is 3. The summed E-state index contributed by atoms with van der Waals surface area (Å²) in [5.74, 6) is 0.370. The monoisotopic (exact) mass is 532 g/mol. The van der Waals surface area contributed by atoms with E-state index in [0.29, 0.717) is 33.4 Å². The number of nitrogens with zero attached hydrogens (tertiary/aromatic N) is 2. The van der Waals surface area contributed by atoms with E-state index in [1.165, 1.54) is 11.1 Å². The minimum atomic E-state index is -0.0687. The van der Waals surface area contributed by atoms with Crippen LogP contribution in [0.15, 0.2) is 77.3 Å². The number of halogens is 3. The van der Waals surface area contributed by atoms with E-state index in [1.54, 1.807) is 12.1 Å². The topological polar surface area (TPSA) is 32.8 Å². The zero-order valence-electron chi connectivity index (χ0n) is 17.4. The predicted molar refractivity (Wildman–Crippen MR) is 133 cm³/mol. The number of carbonyl (C=O) groups is 1. The normalized spacial score (nSPS) is 14.6. The van der Waals surface area contributed by atoms with E-state index < -0.39 is 0 Å². The van der Waals surface area contributed by atoms with Crippen LogP contribution in [0.25, 0.3) is 0 Å². The SMILES string of the molecule is O=C(COc1c(Cl)cc(Cl)cc1Br)N1CCN(C(c2ccccc2)c2ccccc2)CC1. The van der Waals surface area contributed by atoms with E-state index in [0.717, 1.165) is 13.1 Å². The summed E-state index contributed by atoms with van der Waals surface area (Å²) in [6, 6.07) is 24.5. The second-order valence-electron chi connectivity index (χ2n) is 7.63. The summed E-state index contributed by atoms with van der Waals surface area (Å²) >= 11 is 15.6. The summed E-state index contributed by atoms with van der Waals surface area (Å²) in [5.41, 5.74) is 2.51. The lowest BCUT2D eigenvalue weighted by atomic mass is 9.96. The third kappa shape index (κ3) is 5.46. The Balaban J connectivity index is 1.40. The number of benzene rings is 3. The molecule has 0 aromatic heterocycles. The molecular formula is C25H23BrCl2N2O2. The molecule has 1 aliphatic heterocycles. The summed E-state index contributed by atoms with van der Waals surface area (Å²) < 4.78 is 6.33. The highest BCUT2D eigenvalue weighted by molar-refractivity contribution is 9.10. The summed E-state index contributed by atoms with van der Waals surface area (Å²) in [7, 11) is 0. The smallest absolute Gasteiger partial charge is 0.260 e. The van der Waals surface area contributed by atoms with Crippen molar-refractivity contribution in [1.29, 1.82) is 0 Å². The van der Waals surface area contributed by atoms with Crippen molar-refractivity contribution >= 4 is 45.0 Å². The molecule has 3 aromatic carbocycles. The average molecular weight is 534 g/mol. The van der Waals surface area contributed by atoms with E-state index in [4.69, 9.17) is 27.9 Å². The molecule has 0 saturated carbocycles. The van der Waals surface area contributed by atoms with Gasteiger partial charge in [0.25, 0.3) is 5.91 Å². The second-order valence-corrected chi connectivity index (χ2v) is 9.33. The summed E-state index contributed by atoms with van der Waals surface area (Å²) in [6.45, 7) is 2.79. The first-order valence-corrected chi connectivity index (χ1v) is 12.0. The fraction of sp³-hybridized carbons (Fsp3) is 0.240. The second kappa shape index (κ2) is 10.7. The number of carbonyl (C=O) groups excluding carboxylic acids is 1. The maximum Gasteiger partial charge on any atom is 0.260 e.